The molecule has 108 valence electrons. The number of hydrogen-bond donors (Lipinski definition) is 2. The summed E-state index contributed by atoms with van der Waals surface area (Å²) in [7, 11) is 0. The highest BCUT2D eigenvalue weighted by Crippen LogP contribution is 2.33. The molecule has 3 aromatic rings. The lowest BCUT2D eigenvalue weighted by atomic mass is 9.86. The summed E-state index contributed by atoms with van der Waals surface area (Å²) in [6, 6.07) is 11.9. The smallest absolute Gasteiger partial charge is 0.160 e. The molecular weight excluding hydrogens is 264 g/mol. The zero-order valence-electron chi connectivity index (χ0n) is 12.3. The summed E-state index contributed by atoms with van der Waals surface area (Å²) in [4.78, 5) is 0. The molecular formula is C16H18N4O. The highest BCUT2D eigenvalue weighted by molar-refractivity contribution is 5.96. The Labute approximate surface area is 123 Å². The van der Waals surface area contributed by atoms with Crippen molar-refractivity contribution in [1.29, 1.82) is 0 Å². The zero-order valence-corrected chi connectivity index (χ0v) is 12.3. The van der Waals surface area contributed by atoms with Gasteiger partial charge in [-0.15, -0.1) is 0 Å². The van der Waals surface area contributed by atoms with Crippen molar-refractivity contribution in [3.05, 3.63) is 42.0 Å². The van der Waals surface area contributed by atoms with E-state index >= 15 is 0 Å². The topological polar surface area (TPSA) is 77.0 Å². The fraction of sp³-hybridized carbons (Fsp3) is 0.250. The highest BCUT2D eigenvalue weighted by Gasteiger charge is 2.18. The van der Waals surface area contributed by atoms with Gasteiger partial charge < -0.3 is 11.1 Å². The van der Waals surface area contributed by atoms with E-state index < -0.39 is 0 Å². The third kappa shape index (κ3) is 2.42. The molecule has 0 radical (unpaired) electrons. The van der Waals surface area contributed by atoms with Crippen molar-refractivity contribution in [2.45, 2.75) is 26.2 Å². The van der Waals surface area contributed by atoms with Gasteiger partial charge in [0, 0.05) is 5.69 Å². The molecule has 0 fully saturated rings. The van der Waals surface area contributed by atoms with Crippen LogP contribution in [0.5, 0.6) is 0 Å². The molecule has 0 atom stereocenters. The van der Waals surface area contributed by atoms with Crippen molar-refractivity contribution in [3.63, 3.8) is 0 Å². The van der Waals surface area contributed by atoms with E-state index in [1.807, 2.05) is 18.2 Å². The number of aromatic nitrogens is 2. The molecule has 0 saturated carbocycles. The maximum atomic E-state index is 5.87. The summed E-state index contributed by atoms with van der Waals surface area (Å²) < 4.78 is 4.80. The van der Waals surface area contributed by atoms with Crippen LogP contribution in [0, 0.1) is 0 Å². The van der Waals surface area contributed by atoms with Gasteiger partial charge in [0.2, 0.25) is 0 Å². The fourth-order valence-corrected chi connectivity index (χ4v) is 2.38. The van der Waals surface area contributed by atoms with E-state index in [-0.39, 0.29) is 5.41 Å². The van der Waals surface area contributed by atoms with Gasteiger partial charge in [0.15, 0.2) is 11.0 Å². The van der Waals surface area contributed by atoms with Crippen molar-refractivity contribution in [2.24, 2.45) is 0 Å². The van der Waals surface area contributed by atoms with Crippen LogP contribution in [0.15, 0.2) is 41.0 Å². The molecule has 0 amide bonds. The summed E-state index contributed by atoms with van der Waals surface area (Å²) >= 11 is 0. The summed E-state index contributed by atoms with van der Waals surface area (Å²) in [5.41, 5.74) is 10.8. The minimum atomic E-state index is 0.0403. The van der Waals surface area contributed by atoms with Crippen LogP contribution < -0.4 is 11.1 Å². The molecule has 2 aromatic carbocycles. The molecule has 0 aliphatic carbocycles. The second-order valence-corrected chi connectivity index (χ2v) is 6.08. The molecule has 1 heterocycles. The molecule has 0 aliphatic heterocycles. The van der Waals surface area contributed by atoms with Crippen LogP contribution in [0.2, 0.25) is 0 Å². The lowest BCUT2D eigenvalue weighted by Gasteiger charge is -2.23. The van der Waals surface area contributed by atoms with Crippen LogP contribution in [0.3, 0.4) is 0 Å². The number of benzene rings is 2. The van der Waals surface area contributed by atoms with Gasteiger partial charge >= 0.3 is 0 Å². The second kappa shape index (κ2) is 4.77. The second-order valence-electron chi connectivity index (χ2n) is 6.08. The van der Waals surface area contributed by atoms with Gasteiger partial charge in [-0.1, -0.05) is 39.0 Å². The third-order valence-corrected chi connectivity index (χ3v) is 3.45. The van der Waals surface area contributed by atoms with Crippen molar-refractivity contribution < 1.29 is 4.63 Å². The SMILES string of the molecule is CC(C)(C)c1ccccc1Nc1ccc(N)c2nonc12. The number of nitrogens with zero attached hydrogens (tertiary/aromatic N) is 2. The molecule has 3 N–H and O–H groups in total. The Bertz CT molecular complexity index is 786. The number of hydrogen-bond acceptors (Lipinski definition) is 5. The Morgan fingerprint density at radius 1 is 0.952 bits per heavy atom. The van der Waals surface area contributed by atoms with Gasteiger partial charge in [0.05, 0.1) is 11.4 Å². The first-order valence-electron chi connectivity index (χ1n) is 6.84. The molecule has 21 heavy (non-hydrogen) atoms. The minimum Gasteiger partial charge on any atom is -0.397 e. The number of fused-ring (bicyclic) bond motifs is 1. The van der Waals surface area contributed by atoms with Crippen molar-refractivity contribution >= 4 is 28.1 Å². The van der Waals surface area contributed by atoms with Crippen LogP contribution in [0.4, 0.5) is 17.1 Å². The number of rotatable bonds is 2. The minimum absolute atomic E-state index is 0.0403. The van der Waals surface area contributed by atoms with E-state index in [0.29, 0.717) is 16.7 Å². The van der Waals surface area contributed by atoms with E-state index in [1.54, 1.807) is 6.07 Å². The molecule has 5 nitrogen and oxygen atoms in total. The number of nitrogens with one attached hydrogen (secondary N) is 1. The van der Waals surface area contributed by atoms with Gasteiger partial charge in [-0.25, -0.2) is 4.63 Å². The van der Waals surface area contributed by atoms with Crippen molar-refractivity contribution in [1.82, 2.24) is 10.3 Å². The predicted octanol–water partition coefficient (Wildman–Crippen LogP) is 3.85. The normalized spacial score (nSPS) is 11.8. The fourth-order valence-electron chi connectivity index (χ4n) is 2.38. The monoisotopic (exact) mass is 282 g/mol. The van der Waals surface area contributed by atoms with Gasteiger partial charge in [0.1, 0.15) is 0 Å². The quantitative estimate of drug-likeness (QED) is 0.698. The van der Waals surface area contributed by atoms with Crippen LogP contribution in [-0.4, -0.2) is 10.3 Å². The molecule has 1 aromatic heterocycles. The summed E-state index contributed by atoms with van der Waals surface area (Å²) in [5, 5.41) is 11.2. The Morgan fingerprint density at radius 3 is 2.43 bits per heavy atom. The Hall–Kier alpha value is -2.56. The molecule has 0 unspecified atom stereocenters. The number of anilines is 3. The van der Waals surface area contributed by atoms with Crippen molar-refractivity contribution in [2.75, 3.05) is 11.1 Å². The number of para-hydroxylation sites is 1. The molecule has 0 spiro atoms. The average molecular weight is 282 g/mol. The maximum absolute atomic E-state index is 5.87. The number of nitrogen functional groups attached to an aromatic ring is 1. The van der Waals surface area contributed by atoms with E-state index in [4.69, 9.17) is 10.4 Å². The van der Waals surface area contributed by atoms with Gasteiger partial charge in [-0.3, -0.25) is 0 Å². The first-order chi connectivity index (χ1) is 9.97. The zero-order chi connectivity index (χ0) is 15.0. The van der Waals surface area contributed by atoms with Crippen molar-refractivity contribution in [3.8, 4) is 0 Å². The molecule has 5 heteroatoms. The average Bonchev–Trinajstić information content (AvgIpc) is 2.92. The molecule has 0 saturated heterocycles. The molecule has 3 rings (SSSR count). The third-order valence-electron chi connectivity index (χ3n) is 3.45. The van der Waals surface area contributed by atoms with E-state index in [9.17, 15) is 0 Å². The lowest BCUT2D eigenvalue weighted by Crippen LogP contribution is -2.13. The van der Waals surface area contributed by atoms with E-state index in [0.717, 1.165) is 11.4 Å². The maximum Gasteiger partial charge on any atom is 0.160 e. The lowest BCUT2D eigenvalue weighted by molar-refractivity contribution is 0.316. The first-order valence-corrected chi connectivity index (χ1v) is 6.84. The van der Waals surface area contributed by atoms with Crippen LogP contribution in [0.1, 0.15) is 26.3 Å². The number of nitrogens with two attached hydrogens (primary N) is 1. The largest absolute Gasteiger partial charge is 0.397 e. The predicted molar refractivity (Wildman–Crippen MR) is 84.6 cm³/mol. The Morgan fingerprint density at radius 2 is 1.67 bits per heavy atom. The van der Waals surface area contributed by atoms with E-state index in [1.165, 1.54) is 5.56 Å². The molecule has 0 bridgehead atoms. The van der Waals surface area contributed by atoms with Crippen LogP contribution >= 0.6 is 0 Å². The summed E-state index contributed by atoms with van der Waals surface area (Å²) in [6.45, 7) is 6.55. The first kappa shape index (κ1) is 13.4. The van der Waals surface area contributed by atoms with Gasteiger partial charge in [-0.2, -0.15) is 0 Å². The summed E-state index contributed by atoms with van der Waals surface area (Å²) in [6.07, 6.45) is 0. The highest BCUT2D eigenvalue weighted by atomic mass is 16.6. The Balaban J connectivity index is 2.08. The molecule has 0 aliphatic rings. The standard InChI is InChI=1S/C16H18N4O/c1-16(2,3)10-6-4-5-7-12(10)18-13-9-8-11(17)14-15(13)20-21-19-14/h4-9,18H,17H2,1-3H3. The van der Waals surface area contributed by atoms with Crippen LogP contribution in [-0.2, 0) is 5.41 Å². The van der Waals surface area contributed by atoms with E-state index in [2.05, 4.69) is 48.5 Å². The Kier molecular flexibility index (Phi) is 3.05. The summed E-state index contributed by atoms with van der Waals surface area (Å²) in [5.74, 6) is 0. The van der Waals surface area contributed by atoms with Gasteiger partial charge in [-0.05, 0) is 39.5 Å². The van der Waals surface area contributed by atoms with Crippen LogP contribution in [0.25, 0.3) is 11.0 Å². The van der Waals surface area contributed by atoms with Gasteiger partial charge in [0.25, 0.3) is 0 Å².